The van der Waals surface area contributed by atoms with E-state index in [1.165, 1.54) is 38.9 Å². The van der Waals surface area contributed by atoms with E-state index in [-0.39, 0.29) is 0 Å². The lowest BCUT2D eigenvalue weighted by Crippen LogP contribution is -2.09. The standard InChI is InChI=1S/C41H37NO/c1-27-11-17-35(18-12-27)42(36-19-13-33(14-20-36)32-9-7-6-8-10-32)37-21-15-34(16-22-37)38-25-39(29(3)23-28(38)2)40-26-41(43)31(5)24-30(40)4/h6-26,43H,1-5H3. The fourth-order valence-electron chi connectivity index (χ4n) is 5.95. The van der Waals surface area contributed by atoms with Gasteiger partial charge in [-0.25, -0.2) is 0 Å². The molecule has 6 aromatic carbocycles. The molecule has 0 unspecified atom stereocenters. The number of benzene rings is 6. The molecule has 212 valence electrons. The van der Waals surface area contributed by atoms with Crippen molar-refractivity contribution in [3.63, 3.8) is 0 Å². The molecular weight excluding hydrogens is 522 g/mol. The molecule has 0 saturated heterocycles. The van der Waals surface area contributed by atoms with Crippen LogP contribution in [0.25, 0.3) is 33.4 Å². The van der Waals surface area contributed by atoms with Crippen molar-refractivity contribution < 1.29 is 5.11 Å². The second-order valence-electron chi connectivity index (χ2n) is 11.6. The smallest absolute Gasteiger partial charge is 0.119 e. The SMILES string of the molecule is Cc1ccc(N(c2ccc(-c3ccccc3)cc2)c2ccc(-c3cc(-c4cc(O)c(C)cc4C)c(C)cc3C)cc2)cc1. The van der Waals surface area contributed by atoms with Gasteiger partial charge in [-0.3, -0.25) is 0 Å². The minimum Gasteiger partial charge on any atom is -0.508 e. The van der Waals surface area contributed by atoms with E-state index in [1.54, 1.807) is 0 Å². The van der Waals surface area contributed by atoms with E-state index in [1.807, 2.05) is 19.1 Å². The molecule has 43 heavy (non-hydrogen) atoms. The Labute approximate surface area is 255 Å². The molecule has 0 aliphatic heterocycles. The Kier molecular flexibility index (Phi) is 7.61. The van der Waals surface area contributed by atoms with Gasteiger partial charge in [0, 0.05) is 17.1 Å². The molecule has 0 saturated carbocycles. The summed E-state index contributed by atoms with van der Waals surface area (Å²) in [6.07, 6.45) is 0. The molecule has 0 bridgehead atoms. The largest absolute Gasteiger partial charge is 0.508 e. The molecule has 6 rings (SSSR count). The van der Waals surface area contributed by atoms with E-state index in [2.05, 4.69) is 148 Å². The third kappa shape index (κ3) is 5.69. The molecule has 0 aromatic heterocycles. The lowest BCUT2D eigenvalue weighted by atomic mass is 9.89. The van der Waals surface area contributed by atoms with Gasteiger partial charge < -0.3 is 10.0 Å². The van der Waals surface area contributed by atoms with Crippen LogP contribution in [0.3, 0.4) is 0 Å². The maximum Gasteiger partial charge on any atom is 0.119 e. The lowest BCUT2D eigenvalue weighted by molar-refractivity contribution is 0.471. The molecule has 0 fully saturated rings. The molecular formula is C41H37NO. The molecule has 1 N–H and O–H groups in total. The Bertz CT molecular complexity index is 1880. The molecule has 0 heterocycles. The van der Waals surface area contributed by atoms with Crippen LogP contribution < -0.4 is 4.90 Å². The number of hydrogen-bond acceptors (Lipinski definition) is 2. The van der Waals surface area contributed by atoms with E-state index in [0.717, 1.165) is 39.3 Å². The molecule has 2 nitrogen and oxygen atoms in total. The Hall–Kier alpha value is -5.08. The zero-order chi connectivity index (χ0) is 30.1. The maximum atomic E-state index is 10.5. The Morgan fingerprint density at radius 2 is 0.837 bits per heavy atom. The minimum atomic E-state index is 0.333. The Balaban J connectivity index is 1.39. The zero-order valence-electron chi connectivity index (χ0n) is 25.5. The average molecular weight is 560 g/mol. The van der Waals surface area contributed by atoms with Crippen molar-refractivity contribution in [2.24, 2.45) is 0 Å². The van der Waals surface area contributed by atoms with Crippen LogP contribution in [0.2, 0.25) is 0 Å². The number of phenolic OH excluding ortho intramolecular Hbond substituents is 1. The summed E-state index contributed by atoms with van der Waals surface area (Å²) in [6, 6.07) is 45.3. The van der Waals surface area contributed by atoms with Gasteiger partial charge in [0.05, 0.1) is 0 Å². The minimum absolute atomic E-state index is 0.333. The van der Waals surface area contributed by atoms with Crippen molar-refractivity contribution in [1.29, 1.82) is 0 Å². The summed E-state index contributed by atoms with van der Waals surface area (Å²) < 4.78 is 0. The highest BCUT2D eigenvalue weighted by molar-refractivity contribution is 5.83. The second-order valence-corrected chi connectivity index (χ2v) is 11.6. The summed E-state index contributed by atoms with van der Waals surface area (Å²) in [5.41, 5.74) is 16.1. The van der Waals surface area contributed by atoms with Crippen molar-refractivity contribution in [3.8, 4) is 39.1 Å². The van der Waals surface area contributed by atoms with Crippen molar-refractivity contribution in [3.05, 3.63) is 155 Å². The van der Waals surface area contributed by atoms with Crippen LogP contribution >= 0.6 is 0 Å². The van der Waals surface area contributed by atoms with E-state index < -0.39 is 0 Å². The van der Waals surface area contributed by atoms with Crippen LogP contribution in [0.5, 0.6) is 5.75 Å². The third-order valence-electron chi connectivity index (χ3n) is 8.37. The first-order valence-corrected chi connectivity index (χ1v) is 14.8. The summed E-state index contributed by atoms with van der Waals surface area (Å²) >= 11 is 0. The first kappa shape index (κ1) is 28.1. The van der Waals surface area contributed by atoms with Gasteiger partial charge in [-0.05, 0) is 139 Å². The van der Waals surface area contributed by atoms with Crippen molar-refractivity contribution in [2.75, 3.05) is 4.90 Å². The number of anilines is 3. The maximum absolute atomic E-state index is 10.5. The quantitative estimate of drug-likeness (QED) is 0.219. The number of aryl methyl sites for hydroxylation is 5. The molecule has 0 atom stereocenters. The summed E-state index contributed by atoms with van der Waals surface area (Å²) in [5, 5.41) is 10.5. The van der Waals surface area contributed by atoms with Crippen LogP contribution in [0.15, 0.2) is 127 Å². The molecule has 2 heteroatoms. The number of aromatic hydroxyl groups is 1. The van der Waals surface area contributed by atoms with Gasteiger partial charge in [0.2, 0.25) is 0 Å². The van der Waals surface area contributed by atoms with Crippen molar-refractivity contribution in [1.82, 2.24) is 0 Å². The zero-order valence-corrected chi connectivity index (χ0v) is 25.5. The van der Waals surface area contributed by atoms with E-state index in [0.29, 0.717) is 5.75 Å². The Morgan fingerprint density at radius 1 is 0.395 bits per heavy atom. The number of phenols is 1. The topological polar surface area (TPSA) is 23.5 Å². The summed E-state index contributed by atoms with van der Waals surface area (Å²) in [5.74, 6) is 0.333. The van der Waals surface area contributed by atoms with Gasteiger partial charge in [-0.1, -0.05) is 84.4 Å². The summed E-state index contributed by atoms with van der Waals surface area (Å²) in [6.45, 7) is 10.5. The number of rotatable bonds is 6. The second kappa shape index (κ2) is 11.7. The fourth-order valence-corrected chi connectivity index (χ4v) is 5.95. The van der Waals surface area contributed by atoms with E-state index >= 15 is 0 Å². The van der Waals surface area contributed by atoms with Gasteiger partial charge in [-0.15, -0.1) is 0 Å². The molecule has 0 radical (unpaired) electrons. The first-order chi connectivity index (χ1) is 20.8. The predicted molar refractivity (Wildman–Crippen MR) is 183 cm³/mol. The number of nitrogens with zero attached hydrogens (tertiary/aromatic N) is 1. The average Bonchev–Trinajstić information content (AvgIpc) is 3.02. The highest BCUT2D eigenvalue weighted by Gasteiger charge is 2.15. The molecule has 0 aliphatic rings. The lowest BCUT2D eigenvalue weighted by Gasteiger charge is -2.26. The predicted octanol–water partition coefficient (Wildman–Crippen LogP) is 11.4. The third-order valence-corrected chi connectivity index (χ3v) is 8.37. The van der Waals surface area contributed by atoms with E-state index in [9.17, 15) is 5.11 Å². The highest BCUT2D eigenvalue weighted by Crippen LogP contribution is 2.39. The van der Waals surface area contributed by atoms with Gasteiger partial charge in [0.1, 0.15) is 5.75 Å². The van der Waals surface area contributed by atoms with Crippen molar-refractivity contribution >= 4 is 17.1 Å². The van der Waals surface area contributed by atoms with Gasteiger partial charge >= 0.3 is 0 Å². The van der Waals surface area contributed by atoms with Gasteiger partial charge in [0.15, 0.2) is 0 Å². The number of hydrogen-bond donors (Lipinski definition) is 1. The summed E-state index contributed by atoms with van der Waals surface area (Å²) in [7, 11) is 0. The van der Waals surface area contributed by atoms with E-state index in [4.69, 9.17) is 0 Å². The molecule has 6 aromatic rings. The van der Waals surface area contributed by atoms with Crippen molar-refractivity contribution in [2.45, 2.75) is 34.6 Å². The molecule has 0 spiro atoms. The van der Waals surface area contributed by atoms with Crippen LogP contribution in [0, 0.1) is 34.6 Å². The fraction of sp³-hybridized carbons (Fsp3) is 0.122. The van der Waals surface area contributed by atoms with Crippen LogP contribution in [0.4, 0.5) is 17.1 Å². The van der Waals surface area contributed by atoms with Crippen LogP contribution in [-0.4, -0.2) is 5.11 Å². The van der Waals surface area contributed by atoms with Crippen LogP contribution in [0.1, 0.15) is 27.8 Å². The summed E-state index contributed by atoms with van der Waals surface area (Å²) in [4.78, 5) is 2.31. The van der Waals surface area contributed by atoms with Crippen LogP contribution in [-0.2, 0) is 0 Å². The highest BCUT2D eigenvalue weighted by atomic mass is 16.3. The van der Waals surface area contributed by atoms with Gasteiger partial charge in [0.25, 0.3) is 0 Å². The normalized spacial score (nSPS) is 11.0. The molecule has 0 aliphatic carbocycles. The Morgan fingerprint density at radius 3 is 1.42 bits per heavy atom. The molecule has 0 amide bonds. The first-order valence-electron chi connectivity index (χ1n) is 14.8. The van der Waals surface area contributed by atoms with Gasteiger partial charge in [-0.2, -0.15) is 0 Å². The monoisotopic (exact) mass is 559 g/mol.